The van der Waals surface area contributed by atoms with Crippen LogP contribution in [0.1, 0.15) is 62.2 Å². The summed E-state index contributed by atoms with van der Waals surface area (Å²) in [4.78, 5) is 26.0. The lowest BCUT2D eigenvalue weighted by atomic mass is 10.1. The minimum atomic E-state index is -0.827. The standard InChI is InChI=1S/C25H29FN2O3/c1-2-3-4-5-6-7-12-17-28-21-16-11-8-13-18(21)23(29)22(25(28)31)24(30)27-20-15-10-9-14-19(20)26/h8-11,13-16,29H,2-7,12,17H2,1H3,(H,27,30). The van der Waals surface area contributed by atoms with Gasteiger partial charge in [0.15, 0.2) is 0 Å². The Morgan fingerprint density at radius 3 is 2.35 bits per heavy atom. The van der Waals surface area contributed by atoms with Gasteiger partial charge >= 0.3 is 0 Å². The molecule has 1 heterocycles. The molecule has 0 bridgehead atoms. The number of aromatic nitrogens is 1. The lowest BCUT2D eigenvalue weighted by Crippen LogP contribution is -2.30. The van der Waals surface area contributed by atoms with E-state index in [0.717, 1.165) is 19.3 Å². The van der Waals surface area contributed by atoms with Crippen LogP contribution in [0.15, 0.2) is 53.3 Å². The third-order valence-electron chi connectivity index (χ3n) is 5.48. The number of aromatic hydroxyl groups is 1. The molecule has 5 nitrogen and oxygen atoms in total. The van der Waals surface area contributed by atoms with E-state index in [1.54, 1.807) is 30.3 Å². The largest absolute Gasteiger partial charge is 0.506 e. The fourth-order valence-corrected chi connectivity index (χ4v) is 3.79. The molecular weight excluding hydrogens is 395 g/mol. The van der Waals surface area contributed by atoms with Crippen LogP contribution < -0.4 is 10.9 Å². The molecular formula is C25H29FN2O3. The van der Waals surface area contributed by atoms with Gasteiger partial charge in [0, 0.05) is 11.9 Å². The monoisotopic (exact) mass is 424 g/mol. The Balaban J connectivity index is 1.87. The van der Waals surface area contributed by atoms with Crippen LogP contribution in [0.5, 0.6) is 5.75 Å². The van der Waals surface area contributed by atoms with E-state index in [1.165, 1.54) is 48.4 Å². The Morgan fingerprint density at radius 1 is 0.968 bits per heavy atom. The van der Waals surface area contributed by atoms with Gasteiger partial charge in [0.1, 0.15) is 17.1 Å². The fourth-order valence-electron chi connectivity index (χ4n) is 3.79. The fraction of sp³-hybridized carbons (Fsp3) is 0.360. The number of pyridine rings is 1. The Hall–Kier alpha value is -3.15. The van der Waals surface area contributed by atoms with E-state index < -0.39 is 17.3 Å². The van der Waals surface area contributed by atoms with Gasteiger partial charge in [0.05, 0.1) is 11.2 Å². The lowest BCUT2D eigenvalue weighted by molar-refractivity contribution is 0.102. The second kappa shape index (κ2) is 10.8. The Bertz CT molecular complexity index is 1110. The van der Waals surface area contributed by atoms with Gasteiger partial charge in [0.2, 0.25) is 0 Å². The zero-order valence-corrected chi connectivity index (χ0v) is 17.9. The summed E-state index contributed by atoms with van der Waals surface area (Å²) in [5.74, 6) is -1.82. The van der Waals surface area contributed by atoms with Crippen LogP contribution in [0.2, 0.25) is 0 Å². The third-order valence-corrected chi connectivity index (χ3v) is 5.48. The van der Waals surface area contributed by atoms with Crippen molar-refractivity contribution < 1.29 is 14.3 Å². The van der Waals surface area contributed by atoms with Crippen LogP contribution in [0, 0.1) is 5.82 Å². The van der Waals surface area contributed by atoms with Gasteiger partial charge in [-0.25, -0.2) is 4.39 Å². The highest BCUT2D eigenvalue weighted by Crippen LogP contribution is 2.27. The number of nitrogens with one attached hydrogen (secondary N) is 1. The van der Waals surface area contributed by atoms with Crippen molar-refractivity contribution >= 4 is 22.5 Å². The van der Waals surface area contributed by atoms with E-state index in [1.807, 2.05) is 0 Å². The molecule has 0 saturated carbocycles. The number of benzene rings is 2. The van der Waals surface area contributed by atoms with Crippen molar-refractivity contribution in [2.75, 3.05) is 5.32 Å². The van der Waals surface area contributed by atoms with Crippen molar-refractivity contribution in [2.45, 2.75) is 58.4 Å². The van der Waals surface area contributed by atoms with Crippen molar-refractivity contribution in [1.82, 2.24) is 4.57 Å². The summed E-state index contributed by atoms with van der Waals surface area (Å²) >= 11 is 0. The number of anilines is 1. The minimum absolute atomic E-state index is 0.0434. The summed E-state index contributed by atoms with van der Waals surface area (Å²) in [6, 6.07) is 12.7. The topological polar surface area (TPSA) is 71.3 Å². The van der Waals surface area contributed by atoms with Crippen LogP contribution in [0.25, 0.3) is 10.9 Å². The quantitative estimate of drug-likeness (QED) is 0.401. The molecule has 0 saturated heterocycles. The zero-order chi connectivity index (χ0) is 22.2. The maximum Gasteiger partial charge on any atom is 0.267 e. The van der Waals surface area contributed by atoms with E-state index >= 15 is 0 Å². The number of nitrogens with zero attached hydrogens (tertiary/aromatic N) is 1. The molecule has 2 aromatic carbocycles. The number of carbonyl (C=O) groups is 1. The first-order valence-electron chi connectivity index (χ1n) is 10.9. The van der Waals surface area contributed by atoms with Crippen LogP contribution in [0.3, 0.4) is 0 Å². The molecule has 3 aromatic rings. The second-order valence-corrected chi connectivity index (χ2v) is 7.75. The van der Waals surface area contributed by atoms with E-state index in [0.29, 0.717) is 17.4 Å². The number of hydrogen-bond acceptors (Lipinski definition) is 3. The summed E-state index contributed by atoms with van der Waals surface area (Å²) < 4.78 is 15.5. The highest BCUT2D eigenvalue weighted by molar-refractivity contribution is 6.09. The van der Waals surface area contributed by atoms with Crippen LogP contribution >= 0.6 is 0 Å². The minimum Gasteiger partial charge on any atom is -0.506 e. The Labute approximate surface area is 181 Å². The number of halogens is 1. The summed E-state index contributed by atoms with van der Waals surface area (Å²) in [6.07, 6.45) is 7.73. The van der Waals surface area contributed by atoms with Crippen molar-refractivity contribution in [3.05, 3.63) is 70.3 Å². The highest BCUT2D eigenvalue weighted by atomic mass is 19.1. The molecule has 0 unspecified atom stereocenters. The molecule has 0 aliphatic heterocycles. The second-order valence-electron chi connectivity index (χ2n) is 7.75. The number of rotatable bonds is 10. The summed E-state index contributed by atoms with van der Waals surface area (Å²) in [5, 5.41) is 13.5. The van der Waals surface area contributed by atoms with Gasteiger partial charge in [-0.2, -0.15) is 0 Å². The Morgan fingerprint density at radius 2 is 1.61 bits per heavy atom. The SMILES string of the molecule is CCCCCCCCCn1c(=O)c(C(=O)Nc2ccccc2F)c(O)c2ccccc21. The van der Waals surface area contributed by atoms with Gasteiger partial charge in [-0.05, 0) is 30.7 Å². The molecule has 164 valence electrons. The van der Waals surface area contributed by atoms with Gasteiger partial charge in [-0.3, -0.25) is 9.59 Å². The first kappa shape index (κ1) is 22.5. The summed E-state index contributed by atoms with van der Waals surface area (Å²) in [5.41, 5.74) is -0.405. The molecule has 2 N–H and O–H groups in total. The number of amides is 1. The average Bonchev–Trinajstić information content (AvgIpc) is 2.77. The summed E-state index contributed by atoms with van der Waals surface area (Å²) in [6.45, 7) is 2.63. The van der Waals surface area contributed by atoms with Crippen molar-refractivity contribution in [3.63, 3.8) is 0 Å². The first-order chi connectivity index (χ1) is 15.0. The normalized spacial score (nSPS) is 11.0. The van der Waals surface area contributed by atoms with Gasteiger partial charge < -0.3 is 15.0 Å². The van der Waals surface area contributed by atoms with Crippen molar-refractivity contribution in [2.24, 2.45) is 0 Å². The van der Waals surface area contributed by atoms with Gasteiger partial charge in [-0.15, -0.1) is 0 Å². The van der Waals surface area contributed by atoms with Crippen LogP contribution in [0.4, 0.5) is 10.1 Å². The smallest absolute Gasteiger partial charge is 0.267 e. The number of fused-ring (bicyclic) bond motifs is 1. The molecule has 3 rings (SSSR count). The van der Waals surface area contributed by atoms with Crippen molar-refractivity contribution in [3.8, 4) is 5.75 Å². The predicted molar refractivity (Wildman–Crippen MR) is 122 cm³/mol. The number of para-hydroxylation sites is 2. The molecule has 0 radical (unpaired) electrons. The zero-order valence-electron chi connectivity index (χ0n) is 17.9. The van der Waals surface area contributed by atoms with E-state index in [9.17, 15) is 19.1 Å². The Kier molecular flexibility index (Phi) is 7.82. The molecule has 1 aromatic heterocycles. The van der Waals surface area contributed by atoms with Gasteiger partial charge in [0.25, 0.3) is 11.5 Å². The molecule has 0 aliphatic rings. The number of hydrogen-bond donors (Lipinski definition) is 2. The molecule has 0 aliphatic carbocycles. The number of aryl methyl sites for hydroxylation is 1. The first-order valence-corrected chi connectivity index (χ1v) is 10.9. The van der Waals surface area contributed by atoms with Gasteiger partial charge in [-0.1, -0.05) is 69.7 Å². The molecule has 0 spiro atoms. The molecule has 6 heteroatoms. The maximum atomic E-state index is 14.0. The molecule has 1 amide bonds. The molecule has 0 fully saturated rings. The van der Waals surface area contributed by atoms with E-state index in [2.05, 4.69) is 12.2 Å². The maximum absolute atomic E-state index is 14.0. The number of unbranched alkanes of at least 4 members (excludes halogenated alkanes) is 6. The van der Waals surface area contributed by atoms with E-state index in [4.69, 9.17) is 0 Å². The number of carbonyl (C=O) groups excluding carboxylic acids is 1. The predicted octanol–water partition coefficient (Wildman–Crippen LogP) is 5.85. The van der Waals surface area contributed by atoms with E-state index in [-0.39, 0.29) is 17.0 Å². The van der Waals surface area contributed by atoms with Crippen LogP contribution in [-0.4, -0.2) is 15.6 Å². The molecule has 31 heavy (non-hydrogen) atoms. The van der Waals surface area contributed by atoms with Crippen LogP contribution in [-0.2, 0) is 6.54 Å². The third kappa shape index (κ3) is 5.32. The average molecular weight is 425 g/mol. The summed E-state index contributed by atoms with van der Waals surface area (Å²) in [7, 11) is 0. The molecule has 0 atom stereocenters. The van der Waals surface area contributed by atoms with Crippen molar-refractivity contribution in [1.29, 1.82) is 0 Å². The highest BCUT2D eigenvalue weighted by Gasteiger charge is 2.22. The lowest BCUT2D eigenvalue weighted by Gasteiger charge is -2.15.